The Kier molecular flexibility index (Phi) is 5.56. The summed E-state index contributed by atoms with van der Waals surface area (Å²) in [7, 11) is 3.99. The summed E-state index contributed by atoms with van der Waals surface area (Å²) in [6, 6.07) is 0.499. The van der Waals surface area contributed by atoms with E-state index in [4.69, 9.17) is 0 Å². The zero-order valence-electron chi connectivity index (χ0n) is 12.1. The predicted octanol–water partition coefficient (Wildman–Crippen LogP) is 0.465. The molecule has 0 aromatic carbocycles. The van der Waals surface area contributed by atoms with Crippen LogP contribution in [0.5, 0.6) is 0 Å². The maximum Gasteiger partial charge on any atom is 0.323 e. The van der Waals surface area contributed by atoms with Crippen LogP contribution in [-0.2, 0) is 4.79 Å². The van der Waals surface area contributed by atoms with Crippen molar-refractivity contribution in [2.24, 2.45) is 0 Å². The number of rotatable bonds is 6. The van der Waals surface area contributed by atoms with Crippen LogP contribution in [0.4, 0.5) is 0 Å². The lowest BCUT2D eigenvalue weighted by Gasteiger charge is -2.41. The van der Waals surface area contributed by atoms with Gasteiger partial charge in [-0.1, -0.05) is 0 Å². The Balaban J connectivity index is 2.53. The van der Waals surface area contributed by atoms with Crippen molar-refractivity contribution in [1.29, 1.82) is 0 Å². The first-order valence-electron chi connectivity index (χ1n) is 6.74. The SMILES string of the molecule is CC(C)N1CCC(NCCN(C)C)(C(=O)O)CC1. The maximum absolute atomic E-state index is 11.5. The lowest BCUT2D eigenvalue weighted by molar-refractivity contribution is -0.147. The van der Waals surface area contributed by atoms with Gasteiger partial charge in [0.25, 0.3) is 0 Å². The summed E-state index contributed by atoms with van der Waals surface area (Å²) < 4.78 is 0. The summed E-state index contributed by atoms with van der Waals surface area (Å²) in [5, 5.41) is 12.7. The smallest absolute Gasteiger partial charge is 0.323 e. The van der Waals surface area contributed by atoms with Crippen molar-refractivity contribution in [2.75, 3.05) is 40.3 Å². The Hall–Kier alpha value is -0.650. The molecule has 0 unspecified atom stereocenters. The molecule has 1 aliphatic rings. The highest BCUT2D eigenvalue weighted by molar-refractivity contribution is 5.79. The highest BCUT2D eigenvalue weighted by atomic mass is 16.4. The standard InChI is InChI=1S/C13H27N3O2/c1-11(2)16-8-5-13(6-9-16,12(17)18)14-7-10-15(3)4/h11,14H,5-10H2,1-4H3,(H,17,18). The lowest BCUT2D eigenvalue weighted by Crippen LogP contribution is -2.60. The van der Waals surface area contributed by atoms with E-state index in [1.54, 1.807) is 0 Å². The molecule has 2 N–H and O–H groups in total. The van der Waals surface area contributed by atoms with Crippen LogP contribution in [-0.4, -0.2) is 72.7 Å². The summed E-state index contributed by atoms with van der Waals surface area (Å²) in [5.41, 5.74) is -0.721. The summed E-state index contributed by atoms with van der Waals surface area (Å²) >= 11 is 0. The molecule has 1 rings (SSSR count). The van der Waals surface area contributed by atoms with E-state index in [9.17, 15) is 9.90 Å². The van der Waals surface area contributed by atoms with E-state index in [0.717, 1.165) is 26.2 Å². The van der Waals surface area contributed by atoms with E-state index in [1.807, 2.05) is 14.1 Å². The highest BCUT2D eigenvalue weighted by Crippen LogP contribution is 2.23. The van der Waals surface area contributed by atoms with Crippen LogP contribution >= 0.6 is 0 Å². The van der Waals surface area contributed by atoms with E-state index in [1.165, 1.54) is 0 Å². The van der Waals surface area contributed by atoms with Gasteiger partial charge in [0.05, 0.1) is 0 Å². The van der Waals surface area contributed by atoms with E-state index < -0.39 is 11.5 Å². The molecular weight excluding hydrogens is 230 g/mol. The van der Waals surface area contributed by atoms with E-state index in [0.29, 0.717) is 18.9 Å². The van der Waals surface area contributed by atoms with Gasteiger partial charge in [-0.15, -0.1) is 0 Å². The molecule has 0 spiro atoms. The number of likely N-dealkylation sites (N-methyl/N-ethyl adjacent to an activating group) is 1. The minimum Gasteiger partial charge on any atom is -0.480 e. The fraction of sp³-hybridized carbons (Fsp3) is 0.923. The average molecular weight is 257 g/mol. The Morgan fingerprint density at radius 2 is 1.94 bits per heavy atom. The topological polar surface area (TPSA) is 55.8 Å². The number of nitrogens with zero attached hydrogens (tertiary/aromatic N) is 2. The fourth-order valence-corrected chi connectivity index (χ4v) is 2.41. The van der Waals surface area contributed by atoms with Crippen molar-refractivity contribution in [1.82, 2.24) is 15.1 Å². The first kappa shape index (κ1) is 15.4. The van der Waals surface area contributed by atoms with Crippen LogP contribution in [0, 0.1) is 0 Å². The van der Waals surface area contributed by atoms with Crippen LogP contribution in [0.2, 0.25) is 0 Å². The quantitative estimate of drug-likeness (QED) is 0.724. The van der Waals surface area contributed by atoms with Gasteiger partial charge in [0.2, 0.25) is 0 Å². The molecule has 1 aliphatic heterocycles. The van der Waals surface area contributed by atoms with Crippen molar-refractivity contribution in [3.05, 3.63) is 0 Å². The van der Waals surface area contributed by atoms with E-state index in [2.05, 4.69) is 29.0 Å². The zero-order chi connectivity index (χ0) is 13.8. The predicted molar refractivity (Wildman–Crippen MR) is 72.9 cm³/mol. The minimum atomic E-state index is -0.721. The summed E-state index contributed by atoms with van der Waals surface area (Å²) in [4.78, 5) is 15.9. The molecule has 106 valence electrons. The average Bonchev–Trinajstić information content (AvgIpc) is 2.28. The highest BCUT2D eigenvalue weighted by Gasteiger charge is 2.41. The number of hydrogen-bond donors (Lipinski definition) is 2. The molecule has 1 fully saturated rings. The van der Waals surface area contributed by atoms with E-state index in [-0.39, 0.29) is 0 Å². The van der Waals surface area contributed by atoms with Gasteiger partial charge in [-0.25, -0.2) is 0 Å². The Labute approximate surface area is 110 Å². The van der Waals surface area contributed by atoms with E-state index >= 15 is 0 Å². The number of aliphatic carboxylic acids is 1. The van der Waals surface area contributed by atoms with Crippen molar-refractivity contribution >= 4 is 5.97 Å². The molecule has 18 heavy (non-hydrogen) atoms. The third-order valence-corrected chi connectivity index (χ3v) is 3.81. The normalized spacial score (nSPS) is 20.6. The molecule has 0 aliphatic carbocycles. The van der Waals surface area contributed by atoms with Gasteiger partial charge in [0.1, 0.15) is 5.54 Å². The van der Waals surface area contributed by atoms with Crippen LogP contribution < -0.4 is 5.32 Å². The molecule has 0 aromatic heterocycles. The second kappa shape index (κ2) is 6.50. The molecule has 1 saturated heterocycles. The largest absolute Gasteiger partial charge is 0.480 e. The van der Waals surface area contributed by atoms with Crippen molar-refractivity contribution in [3.63, 3.8) is 0 Å². The molecule has 0 atom stereocenters. The van der Waals surface area contributed by atoms with Crippen LogP contribution in [0.3, 0.4) is 0 Å². The molecule has 0 amide bonds. The summed E-state index contributed by atoms with van der Waals surface area (Å²) in [6.45, 7) is 7.63. The van der Waals surface area contributed by atoms with Crippen molar-refractivity contribution in [3.8, 4) is 0 Å². The molecule has 0 aromatic rings. The number of likely N-dealkylation sites (tertiary alicyclic amines) is 1. The van der Waals surface area contributed by atoms with Crippen LogP contribution in [0.25, 0.3) is 0 Å². The third kappa shape index (κ3) is 3.93. The number of carboxylic acids is 1. The second-order valence-corrected chi connectivity index (χ2v) is 5.75. The third-order valence-electron chi connectivity index (χ3n) is 3.81. The Morgan fingerprint density at radius 3 is 2.33 bits per heavy atom. The molecule has 5 heteroatoms. The number of hydrogen-bond acceptors (Lipinski definition) is 4. The molecule has 1 heterocycles. The first-order valence-corrected chi connectivity index (χ1v) is 6.74. The monoisotopic (exact) mass is 257 g/mol. The van der Waals surface area contributed by atoms with Gasteiger partial charge in [-0.05, 0) is 40.8 Å². The zero-order valence-corrected chi connectivity index (χ0v) is 12.1. The van der Waals surface area contributed by atoms with Gasteiger partial charge in [0, 0.05) is 32.2 Å². The fourth-order valence-electron chi connectivity index (χ4n) is 2.41. The number of carboxylic acid groups (broad SMARTS) is 1. The van der Waals surface area contributed by atoms with Crippen LogP contribution in [0.1, 0.15) is 26.7 Å². The Bertz CT molecular complexity index is 266. The van der Waals surface area contributed by atoms with Crippen molar-refractivity contribution < 1.29 is 9.90 Å². The molecule has 0 bridgehead atoms. The molecule has 0 radical (unpaired) electrons. The number of nitrogens with one attached hydrogen (secondary N) is 1. The van der Waals surface area contributed by atoms with Crippen LogP contribution in [0.15, 0.2) is 0 Å². The number of carbonyl (C=O) groups is 1. The summed E-state index contributed by atoms with van der Waals surface area (Å²) in [5.74, 6) is -0.704. The second-order valence-electron chi connectivity index (χ2n) is 5.75. The lowest BCUT2D eigenvalue weighted by atomic mass is 9.87. The first-order chi connectivity index (χ1) is 8.37. The van der Waals surface area contributed by atoms with Gasteiger partial charge in [-0.3, -0.25) is 4.79 Å². The van der Waals surface area contributed by atoms with Gasteiger partial charge in [0.15, 0.2) is 0 Å². The minimum absolute atomic E-state index is 0.499. The van der Waals surface area contributed by atoms with Gasteiger partial charge >= 0.3 is 5.97 Å². The molecule has 0 saturated carbocycles. The number of piperidine rings is 1. The maximum atomic E-state index is 11.5. The van der Waals surface area contributed by atoms with Crippen molar-refractivity contribution in [2.45, 2.75) is 38.3 Å². The molecule has 5 nitrogen and oxygen atoms in total. The van der Waals surface area contributed by atoms with Gasteiger partial charge < -0.3 is 20.2 Å². The van der Waals surface area contributed by atoms with Gasteiger partial charge in [-0.2, -0.15) is 0 Å². The molecular formula is C13H27N3O2. The summed E-state index contributed by atoms with van der Waals surface area (Å²) in [6.07, 6.45) is 1.38. The Morgan fingerprint density at radius 1 is 1.39 bits per heavy atom.